The van der Waals surface area contributed by atoms with Crippen molar-refractivity contribution in [2.45, 2.75) is 26.3 Å². The van der Waals surface area contributed by atoms with Crippen molar-refractivity contribution in [1.82, 2.24) is 4.98 Å². The van der Waals surface area contributed by atoms with Gasteiger partial charge in [-0.2, -0.15) is 0 Å². The molecule has 16 heavy (non-hydrogen) atoms. The van der Waals surface area contributed by atoms with E-state index in [0.717, 1.165) is 12.3 Å². The predicted molar refractivity (Wildman–Crippen MR) is 58.1 cm³/mol. The maximum absolute atomic E-state index is 13.2. The van der Waals surface area contributed by atoms with Gasteiger partial charge in [0.2, 0.25) is 0 Å². The molecule has 0 aromatic carbocycles. The number of pyridine rings is 1. The molecule has 0 aliphatic heterocycles. The van der Waals surface area contributed by atoms with Gasteiger partial charge in [-0.1, -0.05) is 13.8 Å². The van der Waals surface area contributed by atoms with Crippen LogP contribution in [-0.2, 0) is 0 Å². The molecule has 1 unspecified atom stereocenters. The zero-order valence-corrected chi connectivity index (χ0v) is 9.37. The fourth-order valence-corrected chi connectivity index (χ4v) is 1.46. The van der Waals surface area contributed by atoms with Gasteiger partial charge in [0.25, 0.3) is 0 Å². The second kappa shape index (κ2) is 5.75. The third kappa shape index (κ3) is 3.73. The highest BCUT2D eigenvalue weighted by Crippen LogP contribution is 2.15. The first kappa shape index (κ1) is 12.8. The molecule has 1 atom stereocenters. The van der Waals surface area contributed by atoms with E-state index in [1.54, 1.807) is 0 Å². The molecule has 0 amide bonds. The molecule has 1 heterocycles. The molecular formula is C11H16F2N2O. The Kier molecular flexibility index (Phi) is 4.61. The average Bonchev–Trinajstić information content (AvgIpc) is 2.20. The lowest BCUT2D eigenvalue weighted by Crippen LogP contribution is -2.26. The van der Waals surface area contributed by atoms with Crippen LogP contribution in [0.4, 0.5) is 14.6 Å². The van der Waals surface area contributed by atoms with Crippen molar-refractivity contribution in [1.29, 1.82) is 0 Å². The summed E-state index contributed by atoms with van der Waals surface area (Å²) in [7, 11) is 0. The summed E-state index contributed by atoms with van der Waals surface area (Å²) < 4.78 is 25.8. The van der Waals surface area contributed by atoms with Crippen LogP contribution in [0.1, 0.15) is 20.3 Å². The first-order valence-corrected chi connectivity index (χ1v) is 5.21. The van der Waals surface area contributed by atoms with Crippen molar-refractivity contribution < 1.29 is 13.9 Å². The van der Waals surface area contributed by atoms with Crippen LogP contribution in [0.2, 0.25) is 0 Å². The Labute approximate surface area is 93.5 Å². The maximum Gasteiger partial charge on any atom is 0.168 e. The van der Waals surface area contributed by atoms with Gasteiger partial charge < -0.3 is 10.4 Å². The Hall–Kier alpha value is -1.23. The van der Waals surface area contributed by atoms with E-state index in [9.17, 15) is 8.78 Å². The standard InChI is InChI=1S/C11H16F2N2O/c1-7(2)3-9(6-16)15-11-10(13)4-8(12)5-14-11/h4-5,7,9,16H,3,6H2,1-2H3,(H,14,15). The summed E-state index contributed by atoms with van der Waals surface area (Å²) >= 11 is 0. The number of nitrogens with zero attached hydrogens (tertiary/aromatic N) is 1. The molecule has 0 saturated carbocycles. The summed E-state index contributed by atoms with van der Waals surface area (Å²) in [5.74, 6) is -1.12. The molecule has 0 bridgehead atoms. The lowest BCUT2D eigenvalue weighted by atomic mass is 10.0. The van der Waals surface area contributed by atoms with Gasteiger partial charge in [0.15, 0.2) is 11.6 Å². The normalized spacial score (nSPS) is 12.9. The molecule has 3 nitrogen and oxygen atoms in total. The Bertz CT molecular complexity index is 345. The molecular weight excluding hydrogens is 214 g/mol. The molecule has 1 aromatic heterocycles. The van der Waals surface area contributed by atoms with E-state index in [1.807, 2.05) is 13.8 Å². The minimum atomic E-state index is -0.748. The molecule has 0 aliphatic carbocycles. The Balaban J connectivity index is 2.70. The van der Waals surface area contributed by atoms with E-state index in [1.165, 1.54) is 0 Å². The van der Waals surface area contributed by atoms with Gasteiger partial charge in [-0.3, -0.25) is 0 Å². The number of hydrogen-bond acceptors (Lipinski definition) is 3. The van der Waals surface area contributed by atoms with Gasteiger partial charge in [0, 0.05) is 6.07 Å². The van der Waals surface area contributed by atoms with Crippen LogP contribution in [0.15, 0.2) is 12.3 Å². The average molecular weight is 230 g/mol. The molecule has 0 spiro atoms. The maximum atomic E-state index is 13.2. The van der Waals surface area contributed by atoms with Crippen molar-refractivity contribution in [3.8, 4) is 0 Å². The van der Waals surface area contributed by atoms with Crippen LogP contribution in [0, 0.1) is 17.6 Å². The second-order valence-corrected chi connectivity index (χ2v) is 4.14. The van der Waals surface area contributed by atoms with Crippen LogP contribution in [0.3, 0.4) is 0 Å². The Morgan fingerprint density at radius 2 is 2.12 bits per heavy atom. The van der Waals surface area contributed by atoms with Gasteiger partial charge in [-0.25, -0.2) is 13.8 Å². The SMILES string of the molecule is CC(C)CC(CO)Nc1ncc(F)cc1F. The molecule has 5 heteroatoms. The van der Waals surface area contributed by atoms with Crippen LogP contribution in [0.5, 0.6) is 0 Å². The number of anilines is 1. The first-order valence-electron chi connectivity index (χ1n) is 5.21. The number of nitrogens with one attached hydrogen (secondary N) is 1. The van der Waals surface area contributed by atoms with Gasteiger partial charge >= 0.3 is 0 Å². The largest absolute Gasteiger partial charge is 0.394 e. The van der Waals surface area contributed by atoms with E-state index in [4.69, 9.17) is 5.11 Å². The highest BCUT2D eigenvalue weighted by Gasteiger charge is 2.13. The zero-order valence-electron chi connectivity index (χ0n) is 9.37. The Morgan fingerprint density at radius 1 is 1.44 bits per heavy atom. The van der Waals surface area contributed by atoms with Crippen LogP contribution >= 0.6 is 0 Å². The number of hydrogen-bond donors (Lipinski definition) is 2. The Morgan fingerprint density at radius 3 is 2.62 bits per heavy atom. The van der Waals surface area contributed by atoms with E-state index < -0.39 is 11.6 Å². The van der Waals surface area contributed by atoms with E-state index >= 15 is 0 Å². The van der Waals surface area contributed by atoms with Crippen LogP contribution < -0.4 is 5.32 Å². The van der Waals surface area contributed by atoms with Crippen molar-refractivity contribution in [2.24, 2.45) is 5.92 Å². The van der Waals surface area contributed by atoms with Crippen LogP contribution in [-0.4, -0.2) is 22.7 Å². The molecule has 90 valence electrons. The van der Waals surface area contributed by atoms with E-state index in [-0.39, 0.29) is 18.5 Å². The molecule has 0 radical (unpaired) electrons. The summed E-state index contributed by atoms with van der Waals surface area (Å²) in [6.45, 7) is 3.88. The molecule has 1 aromatic rings. The zero-order chi connectivity index (χ0) is 12.1. The molecule has 2 N–H and O–H groups in total. The van der Waals surface area contributed by atoms with Crippen molar-refractivity contribution in [3.05, 3.63) is 23.9 Å². The highest BCUT2D eigenvalue weighted by molar-refractivity contribution is 5.36. The third-order valence-electron chi connectivity index (χ3n) is 2.12. The van der Waals surface area contributed by atoms with E-state index in [2.05, 4.69) is 10.3 Å². The minimum Gasteiger partial charge on any atom is -0.394 e. The summed E-state index contributed by atoms with van der Waals surface area (Å²) in [5, 5.41) is 11.8. The monoisotopic (exact) mass is 230 g/mol. The highest BCUT2D eigenvalue weighted by atomic mass is 19.1. The second-order valence-electron chi connectivity index (χ2n) is 4.14. The fraction of sp³-hybridized carbons (Fsp3) is 0.545. The topological polar surface area (TPSA) is 45.1 Å². The summed E-state index contributed by atoms with van der Waals surface area (Å²) in [6.07, 6.45) is 1.63. The fourth-order valence-electron chi connectivity index (χ4n) is 1.46. The van der Waals surface area contributed by atoms with Crippen molar-refractivity contribution >= 4 is 5.82 Å². The van der Waals surface area contributed by atoms with Gasteiger partial charge in [-0.05, 0) is 12.3 Å². The minimum absolute atomic E-state index is 0.0268. The van der Waals surface area contributed by atoms with Crippen molar-refractivity contribution in [3.63, 3.8) is 0 Å². The lowest BCUT2D eigenvalue weighted by Gasteiger charge is -2.18. The number of aromatic nitrogens is 1. The lowest BCUT2D eigenvalue weighted by molar-refractivity contribution is 0.259. The molecule has 0 saturated heterocycles. The molecule has 1 rings (SSSR count). The van der Waals surface area contributed by atoms with Gasteiger partial charge in [-0.15, -0.1) is 0 Å². The first-order chi connectivity index (χ1) is 7.52. The van der Waals surface area contributed by atoms with E-state index in [0.29, 0.717) is 12.3 Å². The number of rotatable bonds is 5. The van der Waals surface area contributed by atoms with Gasteiger partial charge in [0.05, 0.1) is 18.8 Å². The molecule has 0 fully saturated rings. The summed E-state index contributed by atoms with van der Waals surface area (Å²) in [6, 6.07) is 0.492. The number of aliphatic hydroxyl groups is 1. The smallest absolute Gasteiger partial charge is 0.168 e. The number of aliphatic hydroxyl groups excluding tert-OH is 1. The predicted octanol–water partition coefficient (Wildman–Crippen LogP) is 2.18. The quantitative estimate of drug-likeness (QED) is 0.815. The van der Waals surface area contributed by atoms with Crippen LogP contribution in [0.25, 0.3) is 0 Å². The van der Waals surface area contributed by atoms with Gasteiger partial charge in [0.1, 0.15) is 5.82 Å². The number of halogens is 2. The molecule has 0 aliphatic rings. The third-order valence-corrected chi connectivity index (χ3v) is 2.12. The summed E-state index contributed by atoms with van der Waals surface area (Å²) in [4.78, 5) is 3.60. The van der Waals surface area contributed by atoms with Crippen molar-refractivity contribution in [2.75, 3.05) is 11.9 Å². The summed E-state index contributed by atoms with van der Waals surface area (Å²) in [5.41, 5.74) is 0.